The van der Waals surface area contributed by atoms with E-state index < -0.39 is 11.9 Å². The molecular formula is C6H13N3O2. The molecule has 11 heavy (non-hydrogen) atoms. The van der Waals surface area contributed by atoms with Crippen molar-refractivity contribution >= 4 is 11.8 Å². The Bertz CT molecular complexity index is 158. The van der Waals surface area contributed by atoms with Crippen LogP contribution < -0.4 is 16.8 Å². The van der Waals surface area contributed by atoms with Gasteiger partial charge in [0.25, 0.3) is 0 Å². The molecule has 5 heteroatoms. The smallest absolute Gasteiger partial charge is 0.236 e. The number of hydrogen-bond acceptors (Lipinski definition) is 3. The lowest BCUT2D eigenvalue weighted by Gasteiger charge is -2.07. The molecule has 0 rings (SSSR count). The molecule has 2 amide bonds. The summed E-state index contributed by atoms with van der Waals surface area (Å²) in [7, 11) is 1.49. The maximum Gasteiger partial charge on any atom is 0.236 e. The van der Waals surface area contributed by atoms with Crippen molar-refractivity contribution in [3.05, 3.63) is 0 Å². The molecule has 0 aromatic heterocycles. The molecule has 0 heterocycles. The van der Waals surface area contributed by atoms with Crippen molar-refractivity contribution in [2.75, 3.05) is 7.05 Å². The highest BCUT2D eigenvalue weighted by Crippen LogP contribution is 1.92. The first-order valence-corrected chi connectivity index (χ1v) is 3.33. The van der Waals surface area contributed by atoms with Crippen LogP contribution in [0.2, 0.25) is 0 Å². The molecule has 0 spiro atoms. The summed E-state index contributed by atoms with van der Waals surface area (Å²) in [5, 5.41) is 2.37. The van der Waals surface area contributed by atoms with Gasteiger partial charge in [0, 0.05) is 13.5 Å². The van der Waals surface area contributed by atoms with E-state index in [0.29, 0.717) is 6.42 Å². The second-order valence-corrected chi connectivity index (χ2v) is 2.23. The van der Waals surface area contributed by atoms with Gasteiger partial charge < -0.3 is 16.8 Å². The SMILES string of the molecule is CNC(=O)[C@@H](N)CCC(N)=O. The van der Waals surface area contributed by atoms with Crippen molar-refractivity contribution in [2.45, 2.75) is 18.9 Å². The second kappa shape index (κ2) is 4.68. The normalized spacial score (nSPS) is 12.2. The van der Waals surface area contributed by atoms with E-state index in [-0.39, 0.29) is 12.3 Å². The van der Waals surface area contributed by atoms with E-state index in [0.717, 1.165) is 0 Å². The van der Waals surface area contributed by atoms with E-state index in [9.17, 15) is 9.59 Å². The summed E-state index contributed by atoms with van der Waals surface area (Å²) < 4.78 is 0. The molecule has 0 bridgehead atoms. The number of primary amides is 1. The van der Waals surface area contributed by atoms with Crippen LogP contribution in [0.15, 0.2) is 0 Å². The maximum atomic E-state index is 10.7. The van der Waals surface area contributed by atoms with Gasteiger partial charge in [-0.1, -0.05) is 0 Å². The molecule has 5 nitrogen and oxygen atoms in total. The van der Waals surface area contributed by atoms with Gasteiger partial charge >= 0.3 is 0 Å². The van der Waals surface area contributed by atoms with Crippen LogP contribution in [0.1, 0.15) is 12.8 Å². The van der Waals surface area contributed by atoms with Gasteiger partial charge in [-0.25, -0.2) is 0 Å². The van der Waals surface area contributed by atoms with Crippen LogP contribution >= 0.6 is 0 Å². The zero-order chi connectivity index (χ0) is 8.85. The van der Waals surface area contributed by atoms with Crippen molar-refractivity contribution in [3.63, 3.8) is 0 Å². The van der Waals surface area contributed by atoms with Gasteiger partial charge in [0.15, 0.2) is 0 Å². The number of nitrogens with two attached hydrogens (primary N) is 2. The van der Waals surface area contributed by atoms with Gasteiger partial charge in [0.05, 0.1) is 6.04 Å². The summed E-state index contributed by atoms with van der Waals surface area (Å²) in [5.74, 6) is -0.712. The average molecular weight is 159 g/mol. The van der Waals surface area contributed by atoms with E-state index >= 15 is 0 Å². The fraction of sp³-hybridized carbons (Fsp3) is 0.667. The van der Waals surface area contributed by atoms with E-state index in [2.05, 4.69) is 5.32 Å². The van der Waals surface area contributed by atoms with Gasteiger partial charge in [-0.15, -0.1) is 0 Å². The molecule has 0 unspecified atom stereocenters. The zero-order valence-corrected chi connectivity index (χ0v) is 6.46. The Balaban J connectivity index is 3.60. The second-order valence-electron chi connectivity index (χ2n) is 2.23. The van der Waals surface area contributed by atoms with Crippen LogP contribution in [0, 0.1) is 0 Å². The van der Waals surface area contributed by atoms with E-state index in [1.165, 1.54) is 7.05 Å². The number of hydrogen-bond donors (Lipinski definition) is 3. The monoisotopic (exact) mass is 159 g/mol. The van der Waals surface area contributed by atoms with Gasteiger partial charge in [0.2, 0.25) is 11.8 Å². The van der Waals surface area contributed by atoms with Gasteiger partial charge in [0.1, 0.15) is 0 Å². The fourth-order valence-corrected chi connectivity index (χ4v) is 0.614. The standard InChI is InChI=1S/C6H13N3O2/c1-9-6(11)4(7)2-3-5(8)10/h4H,2-3,7H2,1H3,(H2,8,10)(H,9,11)/t4-/m0/s1. The first-order valence-electron chi connectivity index (χ1n) is 3.33. The minimum absolute atomic E-state index is 0.147. The minimum Gasteiger partial charge on any atom is -0.370 e. The molecule has 0 aliphatic carbocycles. The quantitative estimate of drug-likeness (QED) is 0.457. The van der Waals surface area contributed by atoms with Gasteiger partial charge in [-0.05, 0) is 6.42 Å². The average Bonchev–Trinajstić information content (AvgIpc) is 1.98. The summed E-state index contributed by atoms with van der Waals surface area (Å²) in [6.45, 7) is 0. The number of carbonyl (C=O) groups excluding carboxylic acids is 2. The molecule has 0 aliphatic heterocycles. The summed E-state index contributed by atoms with van der Waals surface area (Å²) in [6.07, 6.45) is 0.448. The molecule has 0 saturated heterocycles. The van der Waals surface area contributed by atoms with Crippen LogP contribution in [0.4, 0.5) is 0 Å². The van der Waals surface area contributed by atoms with Crippen molar-refractivity contribution in [1.82, 2.24) is 5.32 Å². The third-order valence-corrected chi connectivity index (χ3v) is 1.28. The largest absolute Gasteiger partial charge is 0.370 e. The summed E-state index contributed by atoms with van der Waals surface area (Å²) in [6, 6.07) is -0.632. The van der Waals surface area contributed by atoms with Crippen molar-refractivity contribution in [1.29, 1.82) is 0 Å². The van der Waals surface area contributed by atoms with Gasteiger partial charge in [-0.2, -0.15) is 0 Å². The topological polar surface area (TPSA) is 98.2 Å². The highest BCUT2D eigenvalue weighted by molar-refractivity contribution is 5.82. The fourth-order valence-electron chi connectivity index (χ4n) is 0.614. The predicted molar refractivity (Wildman–Crippen MR) is 40.5 cm³/mol. The number of likely N-dealkylation sites (N-methyl/N-ethyl adjacent to an activating group) is 1. The predicted octanol–water partition coefficient (Wildman–Crippen LogP) is -1.67. The van der Waals surface area contributed by atoms with Gasteiger partial charge in [-0.3, -0.25) is 9.59 Å². The minimum atomic E-state index is -0.632. The van der Waals surface area contributed by atoms with Crippen LogP contribution in [0.5, 0.6) is 0 Å². The molecule has 0 saturated carbocycles. The Kier molecular flexibility index (Phi) is 4.21. The van der Waals surface area contributed by atoms with Crippen LogP contribution in [-0.4, -0.2) is 24.9 Å². The van der Waals surface area contributed by atoms with E-state index in [1.807, 2.05) is 0 Å². The molecule has 0 aliphatic rings. The molecule has 0 fully saturated rings. The molecule has 64 valence electrons. The maximum absolute atomic E-state index is 10.7. The van der Waals surface area contributed by atoms with E-state index in [4.69, 9.17) is 11.5 Å². The number of rotatable bonds is 4. The summed E-state index contributed by atoms with van der Waals surface area (Å²) in [4.78, 5) is 21.0. The molecule has 1 atom stereocenters. The van der Waals surface area contributed by atoms with Crippen molar-refractivity contribution in [3.8, 4) is 0 Å². The van der Waals surface area contributed by atoms with Crippen LogP contribution in [0.25, 0.3) is 0 Å². The summed E-state index contributed by atoms with van der Waals surface area (Å²) in [5.41, 5.74) is 10.2. The molecular weight excluding hydrogens is 146 g/mol. The number of amides is 2. The van der Waals surface area contributed by atoms with Crippen molar-refractivity contribution in [2.24, 2.45) is 11.5 Å². The zero-order valence-electron chi connectivity index (χ0n) is 6.46. The van der Waals surface area contributed by atoms with Crippen LogP contribution in [-0.2, 0) is 9.59 Å². The molecule has 0 radical (unpaired) electrons. The Morgan fingerprint density at radius 1 is 1.55 bits per heavy atom. The molecule has 0 aromatic rings. The Labute approximate surface area is 65.1 Å². The number of carbonyl (C=O) groups is 2. The van der Waals surface area contributed by atoms with E-state index in [1.54, 1.807) is 0 Å². The highest BCUT2D eigenvalue weighted by Gasteiger charge is 2.11. The highest BCUT2D eigenvalue weighted by atomic mass is 16.2. The molecule has 5 N–H and O–H groups in total. The molecule has 0 aromatic carbocycles. The lowest BCUT2D eigenvalue weighted by atomic mass is 10.1. The van der Waals surface area contributed by atoms with Crippen molar-refractivity contribution < 1.29 is 9.59 Å². The Morgan fingerprint density at radius 2 is 2.09 bits per heavy atom. The summed E-state index contributed by atoms with van der Waals surface area (Å²) >= 11 is 0. The first-order chi connectivity index (χ1) is 5.07. The third kappa shape index (κ3) is 4.32. The number of nitrogens with one attached hydrogen (secondary N) is 1. The first kappa shape index (κ1) is 9.90. The Hall–Kier alpha value is -1.10. The van der Waals surface area contributed by atoms with Crippen LogP contribution in [0.3, 0.4) is 0 Å². The lowest BCUT2D eigenvalue weighted by Crippen LogP contribution is -2.39. The third-order valence-electron chi connectivity index (χ3n) is 1.28. The lowest BCUT2D eigenvalue weighted by molar-refractivity contribution is -0.122. The Morgan fingerprint density at radius 3 is 2.45 bits per heavy atom.